The molecule has 0 bridgehead atoms. The van der Waals surface area contributed by atoms with E-state index in [4.69, 9.17) is 48.5 Å². The van der Waals surface area contributed by atoms with Crippen LogP contribution in [0.2, 0.25) is 0 Å². The number of aliphatic hydroxyl groups is 4. The average molecular weight is 1830 g/mol. The van der Waals surface area contributed by atoms with Crippen LogP contribution in [-0.2, 0) is 49.1 Å². The summed E-state index contributed by atoms with van der Waals surface area (Å²) >= 11 is 5.76. The van der Waals surface area contributed by atoms with Crippen LogP contribution in [0.25, 0.3) is 21.1 Å². The number of carbonyl (C=O) groups is 3. The van der Waals surface area contributed by atoms with Crippen LogP contribution < -0.4 is 23.7 Å². The van der Waals surface area contributed by atoms with Crippen molar-refractivity contribution in [2.45, 2.75) is 179 Å². The maximum atomic E-state index is 13.3. The minimum absolute atomic E-state index is 0. The van der Waals surface area contributed by atoms with Crippen LogP contribution in [0.15, 0.2) is 142 Å². The molecule has 19 nitrogen and oxygen atoms in total. The summed E-state index contributed by atoms with van der Waals surface area (Å²) in [6.07, 6.45) is -2.30. The number of hydrogen-bond acceptors (Lipinski definition) is 21. The van der Waals surface area contributed by atoms with E-state index in [1.54, 1.807) is 74.1 Å². The smallest absolute Gasteiger partial charge is 0.417 e. The number of carbonyl (C=O) groups excluding carboxylic acids is 1. The van der Waals surface area contributed by atoms with Gasteiger partial charge in [0.15, 0.2) is 26.0 Å². The Labute approximate surface area is 735 Å². The molecule has 2 aromatic heterocycles. The van der Waals surface area contributed by atoms with Crippen LogP contribution in [0.4, 0.5) is 39.5 Å². The third-order valence-corrected chi connectivity index (χ3v) is 24.4. The number of aryl methyl sites for hydroxylation is 5. The third-order valence-electron chi connectivity index (χ3n) is 19.6. The number of rotatable bonds is 33. The van der Waals surface area contributed by atoms with Crippen molar-refractivity contribution in [2.24, 2.45) is 23.7 Å². The molecule has 3 saturated carbocycles. The van der Waals surface area contributed by atoms with Gasteiger partial charge < -0.3 is 68.9 Å². The Kier molecular flexibility index (Phi) is 43.4. The predicted octanol–water partition coefficient (Wildman–Crippen LogP) is 21.3. The van der Waals surface area contributed by atoms with Crippen molar-refractivity contribution >= 4 is 104 Å². The van der Waals surface area contributed by atoms with Crippen molar-refractivity contribution in [3.05, 3.63) is 198 Å². The number of fused-ring (bicyclic) bond motifs is 1. The number of ketones is 1. The lowest BCUT2D eigenvalue weighted by Crippen LogP contribution is -2.26. The number of carboxylic acids is 2. The second kappa shape index (κ2) is 49.7. The zero-order valence-electron chi connectivity index (χ0n) is 67.1. The minimum atomic E-state index is -5.15. The van der Waals surface area contributed by atoms with Crippen LogP contribution >= 0.6 is 86.7 Å². The van der Waals surface area contributed by atoms with Crippen molar-refractivity contribution < 1.29 is 123 Å². The molecule has 3 fully saturated rings. The summed E-state index contributed by atoms with van der Waals surface area (Å²) in [5.41, 5.74) is 3.38. The number of Topliss-reactive ketones (excluding diaryl/α,β-unsaturated/α-hetero) is 1. The molecule has 0 saturated heterocycles. The van der Waals surface area contributed by atoms with E-state index >= 15 is 0 Å². The van der Waals surface area contributed by atoms with Crippen molar-refractivity contribution in [2.75, 3.05) is 47.0 Å². The minimum Gasteiger partial charge on any atom is -0.507 e. The number of thiazole rings is 2. The van der Waals surface area contributed by atoms with Gasteiger partial charge in [0.1, 0.15) is 58.1 Å². The number of aromatic nitrogens is 2. The van der Waals surface area contributed by atoms with Gasteiger partial charge in [0.05, 0.1) is 65.0 Å². The van der Waals surface area contributed by atoms with Crippen LogP contribution in [0.3, 0.4) is 0 Å². The number of carboxylic acid groups (broad SMARTS) is 2. The highest BCUT2D eigenvalue weighted by atomic mass is 32.2. The first-order valence-electron chi connectivity index (χ1n) is 37.5. The molecule has 11 rings (SSSR count). The molecule has 35 heteroatoms. The number of phenols is 1. The second-order valence-electron chi connectivity index (χ2n) is 28.0. The summed E-state index contributed by atoms with van der Waals surface area (Å²) in [4.78, 5) is 45.8. The van der Waals surface area contributed by atoms with Gasteiger partial charge in [-0.1, -0.05) is 69.0 Å². The zero-order chi connectivity index (χ0) is 85.5. The summed E-state index contributed by atoms with van der Waals surface area (Å²) in [5, 5.41) is 66.6. The van der Waals surface area contributed by atoms with Crippen molar-refractivity contribution in [1.82, 2.24) is 9.97 Å². The summed E-state index contributed by atoms with van der Waals surface area (Å²) < 4.78 is 155. The Morgan fingerprint density at radius 3 is 1.60 bits per heavy atom. The molecule has 0 amide bonds. The van der Waals surface area contributed by atoms with Crippen LogP contribution in [-0.4, -0.2) is 123 Å². The van der Waals surface area contributed by atoms with E-state index in [1.165, 1.54) is 54.2 Å². The summed E-state index contributed by atoms with van der Waals surface area (Å²) in [6.45, 7) is 13.6. The van der Waals surface area contributed by atoms with Gasteiger partial charge in [0.2, 0.25) is 0 Å². The number of benzene rings is 6. The number of halogens is 9. The summed E-state index contributed by atoms with van der Waals surface area (Å²) in [5.74, 6) is 2.84. The number of phenolic OH excluding ortho intramolecular Hbond substituents is 1. The Bertz CT molecular complexity index is 4720. The predicted molar refractivity (Wildman–Crippen MR) is 466 cm³/mol. The number of ether oxygens (including phenoxy) is 7. The van der Waals surface area contributed by atoms with E-state index in [1.807, 2.05) is 63.3 Å². The Balaban J connectivity index is 0.000000337. The number of thioether (sulfide) groups is 2. The molecule has 6 atom stereocenters. The van der Waals surface area contributed by atoms with E-state index in [0.29, 0.717) is 106 Å². The lowest BCUT2D eigenvalue weighted by atomic mass is 9.75. The first kappa shape index (κ1) is 106. The van der Waals surface area contributed by atoms with Gasteiger partial charge in [-0.3, -0.25) is 9.59 Å². The van der Waals surface area contributed by atoms with E-state index < -0.39 is 66.8 Å². The zero-order valence-corrected chi connectivity index (χ0v) is 73.4. The molecule has 6 aromatic carbocycles. The third kappa shape index (κ3) is 31.2. The summed E-state index contributed by atoms with van der Waals surface area (Å²) in [6, 6.07) is 27.3. The van der Waals surface area contributed by atoms with Gasteiger partial charge in [0.25, 0.3) is 0 Å². The highest BCUT2D eigenvalue weighted by Gasteiger charge is 2.48. The highest BCUT2D eigenvalue weighted by molar-refractivity contribution is 7.99. The van der Waals surface area contributed by atoms with Gasteiger partial charge in [-0.05, 0) is 213 Å². The molecule has 0 radical (unpaired) electrons. The largest absolute Gasteiger partial charge is 0.507 e. The van der Waals surface area contributed by atoms with E-state index in [0.717, 1.165) is 118 Å². The molecule has 3 aliphatic rings. The van der Waals surface area contributed by atoms with Crippen molar-refractivity contribution in [1.29, 1.82) is 0 Å². The van der Waals surface area contributed by atoms with E-state index in [9.17, 15) is 74.3 Å². The molecule has 8 aromatic rings. The molecule has 121 heavy (non-hydrogen) atoms. The fourth-order valence-electron chi connectivity index (χ4n) is 13.4. The van der Waals surface area contributed by atoms with Gasteiger partial charge in [-0.15, -0.1) is 46.2 Å². The van der Waals surface area contributed by atoms with Gasteiger partial charge in [-0.25, -0.2) is 14.8 Å². The molecular formula is C86H105F9N2O17S7. The topological polar surface area (TPSA) is 283 Å². The van der Waals surface area contributed by atoms with Crippen LogP contribution in [0.5, 0.6) is 34.5 Å². The molecule has 2 unspecified atom stereocenters. The molecule has 0 aliphatic heterocycles. The Hall–Kier alpha value is -7.65. The fourth-order valence-corrected chi connectivity index (χ4v) is 17.8. The highest BCUT2D eigenvalue weighted by Crippen LogP contribution is 2.54. The van der Waals surface area contributed by atoms with Crippen LogP contribution in [0, 0.1) is 65.2 Å². The first-order valence-corrected chi connectivity index (χ1v) is 41.1. The number of aliphatic hydroxyl groups excluding tert-OH is 4. The number of aliphatic carboxylic acids is 2. The fraction of sp³-hybridized carbons (Fsp3) is 0.430. The monoisotopic (exact) mass is 1830 g/mol. The number of aromatic hydroxyl groups is 1. The average Bonchev–Trinajstić information content (AvgIpc) is 1.53. The first-order chi connectivity index (χ1) is 55.5. The normalized spacial score (nSPS) is 16.8. The van der Waals surface area contributed by atoms with Crippen molar-refractivity contribution in [3.8, 4) is 55.6 Å². The van der Waals surface area contributed by atoms with Gasteiger partial charge in [-0.2, -0.15) is 80.0 Å². The van der Waals surface area contributed by atoms with Gasteiger partial charge >= 0.3 is 30.5 Å². The lowest BCUT2D eigenvalue weighted by Gasteiger charge is -2.29. The maximum absolute atomic E-state index is 13.3. The Morgan fingerprint density at radius 2 is 1.12 bits per heavy atom. The van der Waals surface area contributed by atoms with Crippen LogP contribution in [0.1, 0.15) is 156 Å². The number of hydrogen-bond donors (Lipinski definition) is 7. The number of unbranched alkanes of at least 4 members (excludes halogenated alkanes) is 2. The summed E-state index contributed by atoms with van der Waals surface area (Å²) in [7, 11) is 0. The number of nitrogens with zero attached hydrogens (tertiary/aromatic N) is 2. The molecule has 7 N–H and O–H groups in total. The molecule has 2 heterocycles. The Morgan fingerprint density at radius 1 is 0.612 bits per heavy atom. The maximum Gasteiger partial charge on any atom is 0.417 e. The van der Waals surface area contributed by atoms with E-state index in [2.05, 4.69) is 16.9 Å². The number of allylic oxidation sites excluding steroid dienone is 1. The van der Waals surface area contributed by atoms with Gasteiger partial charge in [0, 0.05) is 60.1 Å². The SMILES string of the molecule is C.CC(=O)c1ccc(OCCCOc2ccc(OCC(=O)O)cc2)c(C)c1O.CCCCC[C@H](O)/C=C/[C@H]1C(O)C[C@@H]2C/C(=C3\CCC3C(=O)O)C[C@@H]21.Cc1cc(SCc2sc(-c3ccc(C(F)(F)F)c(C(F)(F)F)c3)nc2C)ccc1OCOCO.Cc1cc(SCc2sc(-c3ccc(C(F)(F)F)c(C)c3)nc2C)ccc1OCOCO.S.S.S. The number of alkyl halides is 9. The van der Waals surface area contributed by atoms with E-state index in [-0.39, 0.29) is 119 Å². The molecular weight excluding hydrogens is 1730 g/mol. The van der Waals surface area contributed by atoms with Crippen molar-refractivity contribution in [3.63, 3.8) is 0 Å². The quantitative estimate of drug-likeness (QED) is 0.00502. The second-order valence-corrected chi connectivity index (χ2v) is 32.3. The lowest BCUT2D eigenvalue weighted by molar-refractivity contribution is -0.162. The standard InChI is InChI=1S/C22H19F6NO3S2.C22H22F3NO3S2.C21H32O4.C20H22O7.CH4.3H2S/c1-12-7-15(4-6-18(12)32-11-31-10-30)33-9-19-13(2)29-20(34-19)14-3-5-16(21(23,24)25)17(8-14)22(26,27)28;1-13-8-16(4-6-18(13)22(23,24)25)21-26-15(3)20(31-21)10-30-17-5-7-19(14(2)9-17)29-12-28-11-27;1-2-3-4-5-15(22)6-7-17-19-11-13(10-14(19)12-20(17)23)16-8-9-18(16)21(24)25;1-13-18(9-8-17(14(2)21)20(13)24)26-11-3-10-25-15-4-6-16(7-5-15)27-12-19(22)23;;;;/h3-8,30H,9-11H2,1-2H3;4-9,27H,10-12H2,1-3H3;6-7,14-15,17-20,22-23H,2-5,8-12H2,1H3,(H,24,25);4-9,24H,3,10-12H2,1-2H3,(H,22,23);1H4;3*1H2/b;;7-6+,16-13-;;;;;/t;;14-,15-,17+,18?,19-,20?;;;;;/m..0...../s1. The molecule has 0 spiro atoms. The molecule has 3 aliphatic carbocycles. The molecule has 666 valence electrons.